The van der Waals surface area contributed by atoms with Crippen LogP contribution in [0.1, 0.15) is 30.0 Å². The van der Waals surface area contributed by atoms with Crippen molar-refractivity contribution in [2.24, 2.45) is 0 Å². The molecule has 7 heteroatoms. The Kier molecular flexibility index (Phi) is 10.2. The molecule has 0 fully saturated rings. The van der Waals surface area contributed by atoms with Crippen molar-refractivity contribution in [3.8, 4) is 5.75 Å². The van der Waals surface area contributed by atoms with Crippen LogP contribution in [-0.2, 0) is 22.6 Å². The molecule has 0 aliphatic rings. The molecule has 0 spiro atoms. The Bertz CT molecular complexity index is 1120. The van der Waals surface area contributed by atoms with Gasteiger partial charge in [0.2, 0.25) is 5.91 Å². The van der Waals surface area contributed by atoms with Crippen molar-refractivity contribution in [2.45, 2.75) is 39.3 Å². The van der Waals surface area contributed by atoms with Crippen LogP contribution in [0.4, 0.5) is 0 Å². The Morgan fingerprint density at radius 1 is 1.03 bits per heavy atom. The van der Waals surface area contributed by atoms with Crippen molar-refractivity contribution in [2.75, 3.05) is 13.2 Å². The van der Waals surface area contributed by atoms with Crippen LogP contribution in [0, 0.1) is 6.92 Å². The second kappa shape index (κ2) is 13.3. The van der Waals surface area contributed by atoms with Crippen LogP contribution >= 0.6 is 27.5 Å². The topological polar surface area (TPSA) is 58.6 Å². The van der Waals surface area contributed by atoms with Crippen molar-refractivity contribution < 1.29 is 14.3 Å². The summed E-state index contributed by atoms with van der Waals surface area (Å²) >= 11 is 9.54. The molecular formula is C28H30BrClN2O3. The van der Waals surface area contributed by atoms with Gasteiger partial charge in [0, 0.05) is 29.0 Å². The van der Waals surface area contributed by atoms with Crippen molar-refractivity contribution in [1.29, 1.82) is 0 Å². The molecule has 5 nitrogen and oxygen atoms in total. The normalized spacial score (nSPS) is 11.5. The van der Waals surface area contributed by atoms with Crippen LogP contribution in [0.3, 0.4) is 0 Å². The molecule has 0 heterocycles. The standard InChI is InChI=1S/C28H30BrClN2O3/c1-3-15-31-28(34)26(17-21-7-5-4-6-8-21)32(18-22-9-11-23(30)12-10-22)27(33)19-35-24-13-14-25(29)20(2)16-24/h4-14,16,26H,3,15,17-19H2,1-2H3,(H,31,34)/t26-/m1/s1. The van der Waals surface area contributed by atoms with Gasteiger partial charge in [-0.25, -0.2) is 0 Å². The van der Waals surface area contributed by atoms with E-state index < -0.39 is 6.04 Å². The first-order valence-corrected chi connectivity index (χ1v) is 12.8. The number of benzene rings is 3. The van der Waals surface area contributed by atoms with Gasteiger partial charge >= 0.3 is 0 Å². The molecule has 0 radical (unpaired) electrons. The highest BCUT2D eigenvalue weighted by atomic mass is 79.9. The van der Waals surface area contributed by atoms with Crippen LogP contribution in [0.15, 0.2) is 77.3 Å². The monoisotopic (exact) mass is 556 g/mol. The molecule has 1 N–H and O–H groups in total. The van der Waals surface area contributed by atoms with E-state index in [0.29, 0.717) is 23.7 Å². The van der Waals surface area contributed by atoms with Gasteiger partial charge in [-0.05, 0) is 60.4 Å². The molecule has 1 atom stereocenters. The third-order valence-corrected chi connectivity index (χ3v) is 6.72. The Balaban J connectivity index is 1.88. The highest BCUT2D eigenvalue weighted by molar-refractivity contribution is 9.10. The lowest BCUT2D eigenvalue weighted by Crippen LogP contribution is -2.51. The lowest BCUT2D eigenvalue weighted by molar-refractivity contribution is -0.142. The maximum absolute atomic E-state index is 13.5. The fourth-order valence-electron chi connectivity index (χ4n) is 3.64. The molecule has 3 rings (SSSR count). The van der Waals surface area contributed by atoms with Crippen molar-refractivity contribution in [3.63, 3.8) is 0 Å². The summed E-state index contributed by atoms with van der Waals surface area (Å²) < 4.78 is 6.81. The van der Waals surface area contributed by atoms with E-state index in [1.54, 1.807) is 17.0 Å². The average Bonchev–Trinajstić information content (AvgIpc) is 2.87. The molecule has 3 aromatic carbocycles. The maximum atomic E-state index is 13.5. The van der Waals surface area contributed by atoms with E-state index in [0.717, 1.165) is 27.6 Å². The van der Waals surface area contributed by atoms with Gasteiger partial charge in [0.05, 0.1) is 0 Å². The molecule has 0 aromatic heterocycles. The SMILES string of the molecule is CCCNC(=O)[C@@H](Cc1ccccc1)N(Cc1ccc(Cl)cc1)C(=O)COc1ccc(Br)c(C)c1. The van der Waals surface area contributed by atoms with Gasteiger partial charge in [-0.2, -0.15) is 0 Å². The summed E-state index contributed by atoms with van der Waals surface area (Å²) in [7, 11) is 0. The molecule has 184 valence electrons. The number of nitrogens with zero attached hydrogens (tertiary/aromatic N) is 1. The summed E-state index contributed by atoms with van der Waals surface area (Å²) in [6.45, 7) is 4.58. The summed E-state index contributed by atoms with van der Waals surface area (Å²) in [5, 5.41) is 3.58. The third-order valence-electron chi connectivity index (χ3n) is 5.58. The molecule has 3 aromatic rings. The van der Waals surface area contributed by atoms with E-state index in [1.807, 2.05) is 74.5 Å². The van der Waals surface area contributed by atoms with Gasteiger partial charge in [-0.15, -0.1) is 0 Å². The number of hydrogen-bond acceptors (Lipinski definition) is 3. The summed E-state index contributed by atoms with van der Waals surface area (Å²) in [5.74, 6) is 0.145. The summed E-state index contributed by atoms with van der Waals surface area (Å²) in [6, 6.07) is 21.9. The predicted molar refractivity (Wildman–Crippen MR) is 144 cm³/mol. The average molecular weight is 558 g/mol. The third kappa shape index (κ3) is 8.11. The van der Waals surface area contributed by atoms with Gasteiger partial charge in [0.1, 0.15) is 11.8 Å². The molecule has 35 heavy (non-hydrogen) atoms. The molecular weight excluding hydrogens is 528 g/mol. The summed E-state index contributed by atoms with van der Waals surface area (Å²) in [4.78, 5) is 28.4. The van der Waals surface area contributed by atoms with Crippen LogP contribution in [-0.4, -0.2) is 35.9 Å². The van der Waals surface area contributed by atoms with Crippen molar-refractivity contribution in [3.05, 3.63) is 99.0 Å². The Labute approximate surface area is 220 Å². The van der Waals surface area contributed by atoms with Crippen LogP contribution < -0.4 is 10.1 Å². The minimum absolute atomic E-state index is 0.180. The number of rotatable bonds is 11. The first-order valence-electron chi connectivity index (χ1n) is 11.6. The van der Waals surface area contributed by atoms with E-state index in [4.69, 9.17) is 16.3 Å². The highest BCUT2D eigenvalue weighted by Gasteiger charge is 2.30. The summed E-state index contributed by atoms with van der Waals surface area (Å²) in [6.07, 6.45) is 1.20. The van der Waals surface area contributed by atoms with Crippen LogP contribution in [0.25, 0.3) is 0 Å². The number of nitrogens with one attached hydrogen (secondary N) is 1. The Hall–Kier alpha value is -2.83. The molecule has 0 aliphatic heterocycles. The van der Waals surface area contributed by atoms with E-state index in [2.05, 4.69) is 21.2 Å². The molecule has 0 saturated carbocycles. The molecule has 2 amide bonds. The number of amides is 2. The first kappa shape index (κ1) is 26.8. The van der Waals surface area contributed by atoms with Gasteiger partial charge in [-0.3, -0.25) is 9.59 Å². The van der Waals surface area contributed by atoms with Gasteiger partial charge in [0.15, 0.2) is 6.61 Å². The minimum atomic E-state index is -0.692. The zero-order valence-corrected chi connectivity index (χ0v) is 22.3. The number of aryl methyl sites for hydroxylation is 1. The smallest absolute Gasteiger partial charge is 0.261 e. The number of halogens is 2. The van der Waals surface area contributed by atoms with Gasteiger partial charge in [0.25, 0.3) is 5.91 Å². The van der Waals surface area contributed by atoms with E-state index >= 15 is 0 Å². The fraction of sp³-hybridized carbons (Fsp3) is 0.286. The van der Waals surface area contributed by atoms with Gasteiger partial charge < -0.3 is 15.0 Å². The summed E-state index contributed by atoms with van der Waals surface area (Å²) in [5.41, 5.74) is 2.86. The minimum Gasteiger partial charge on any atom is -0.484 e. The fourth-order valence-corrected chi connectivity index (χ4v) is 4.01. The zero-order valence-electron chi connectivity index (χ0n) is 20.0. The largest absolute Gasteiger partial charge is 0.484 e. The first-order chi connectivity index (χ1) is 16.9. The highest BCUT2D eigenvalue weighted by Crippen LogP contribution is 2.22. The van der Waals surface area contributed by atoms with Crippen LogP contribution in [0.2, 0.25) is 5.02 Å². The molecule has 0 saturated heterocycles. The Morgan fingerprint density at radius 3 is 2.40 bits per heavy atom. The van der Waals surface area contributed by atoms with Gasteiger partial charge in [-0.1, -0.05) is 76.9 Å². The quantitative estimate of drug-likeness (QED) is 0.317. The van der Waals surface area contributed by atoms with Crippen molar-refractivity contribution >= 4 is 39.3 Å². The number of carbonyl (C=O) groups excluding carboxylic acids is 2. The lowest BCUT2D eigenvalue weighted by atomic mass is 10.0. The number of ether oxygens (including phenoxy) is 1. The van der Waals surface area contributed by atoms with E-state index in [9.17, 15) is 9.59 Å². The molecule has 0 unspecified atom stereocenters. The number of carbonyl (C=O) groups is 2. The second-order valence-corrected chi connectivity index (χ2v) is 9.64. The Morgan fingerprint density at radius 2 is 1.74 bits per heavy atom. The molecule has 0 aliphatic carbocycles. The van der Waals surface area contributed by atoms with E-state index in [-0.39, 0.29) is 25.0 Å². The lowest BCUT2D eigenvalue weighted by Gasteiger charge is -2.31. The maximum Gasteiger partial charge on any atom is 0.261 e. The second-order valence-electron chi connectivity index (χ2n) is 8.34. The van der Waals surface area contributed by atoms with E-state index in [1.165, 1.54) is 0 Å². The zero-order chi connectivity index (χ0) is 25.2. The number of hydrogen-bond donors (Lipinski definition) is 1. The molecule has 0 bridgehead atoms. The predicted octanol–water partition coefficient (Wildman–Crippen LogP) is 5.96. The van der Waals surface area contributed by atoms with Crippen molar-refractivity contribution in [1.82, 2.24) is 10.2 Å². The van der Waals surface area contributed by atoms with Crippen LogP contribution in [0.5, 0.6) is 5.75 Å².